The molecule has 0 saturated carbocycles. The van der Waals surface area contributed by atoms with Crippen LogP contribution in [0.5, 0.6) is 0 Å². The van der Waals surface area contributed by atoms with Gasteiger partial charge in [-0.2, -0.15) is 13.2 Å². The number of aromatic nitrogens is 2. The molecule has 2 N–H and O–H groups in total. The summed E-state index contributed by atoms with van der Waals surface area (Å²) >= 11 is 0. The van der Waals surface area contributed by atoms with E-state index in [1.54, 1.807) is 0 Å². The lowest BCUT2D eigenvalue weighted by Crippen LogP contribution is -2.11. The molecule has 68 valence electrons. The standard InChI is InChI=1S/C5H6F3N3O/c6-5(7,8)1-3-10-11-4(2-9)12-3/h1-2,9H2. The van der Waals surface area contributed by atoms with Gasteiger partial charge in [-0.05, 0) is 0 Å². The van der Waals surface area contributed by atoms with E-state index in [2.05, 4.69) is 14.6 Å². The van der Waals surface area contributed by atoms with E-state index in [0.717, 1.165) is 0 Å². The maximum absolute atomic E-state index is 11.7. The molecule has 0 aliphatic heterocycles. The number of halogens is 3. The molecular weight excluding hydrogens is 175 g/mol. The molecule has 12 heavy (non-hydrogen) atoms. The Kier molecular flexibility index (Phi) is 2.32. The maximum atomic E-state index is 11.7. The molecule has 0 aromatic carbocycles. The van der Waals surface area contributed by atoms with Gasteiger partial charge in [0.25, 0.3) is 0 Å². The molecule has 0 saturated heterocycles. The molecule has 1 rings (SSSR count). The van der Waals surface area contributed by atoms with Crippen LogP contribution < -0.4 is 5.73 Å². The summed E-state index contributed by atoms with van der Waals surface area (Å²) in [4.78, 5) is 0. The molecule has 1 aromatic rings. The van der Waals surface area contributed by atoms with Crippen molar-refractivity contribution in [2.75, 3.05) is 0 Å². The molecule has 0 aliphatic carbocycles. The predicted octanol–water partition coefficient (Wildman–Crippen LogP) is 0.633. The first kappa shape index (κ1) is 8.98. The van der Waals surface area contributed by atoms with E-state index in [1.807, 2.05) is 0 Å². The smallest absolute Gasteiger partial charge is 0.397 e. The summed E-state index contributed by atoms with van der Waals surface area (Å²) in [5, 5.41) is 6.43. The van der Waals surface area contributed by atoms with Crippen molar-refractivity contribution in [3.63, 3.8) is 0 Å². The molecule has 4 nitrogen and oxygen atoms in total. The van der Waals surface area contributed by atoms with Crippen LogP contribution in [-0.2, 0) is 13.0 Å². The molecule has 0 amide bonds. The van der Waals surface area contributed by atoms with Crippen LogP contribution in [0.3, 0.4) is 0 Å². The normalized spacial score (nSPS) is 12.0. The van der Waals surface area contributed by atoms with E-state index >= 15 is 0 Å². The minimum Gasteiger partial charge on any atom is -0.424 e. The van der Waals surface area contributed by atoms with Crippen molar-refractivity contribution in [1.29, 1.82) is 0 Å². The fourth-order valence-electron chi connectivity index (χ4n) is 0.614. The third-order valence-electron chi connectivity index (χ3n) is 1.03. The zero-order valence-electron chi connectivity index (χ0n) is 5.93. The van der Waals surface area contributed by atoms with Crippen LogP contribution in [0.4, 0.5) is 13.2 Å². The van der Waals surface area contributed by atoms with Gasteiger partial charge < -0.3 is 10.2 Å². The summed E-state index contributed by atoms with van der Waals surface area (Å²) in [5.74, 6) is -0.447. The van der Waals surface area contributed by atoms with Gasteiger partial charge in [-0.15, -0.1) is 10.2 Å². The zero-order chi connectivity index (χ0) is 9.19. The van der Waals surface area contributed by atoms with Crippen LogP contribution in [0.25, 0.3) is 0 Å². The van der Waals surface area contributed by atoms with Gasteiger partial charge >= 0.3 is 6.18 Å². The van der Waals surface area contributed by atoms with Gasteiger partial charge in [0.2, 0.25) is 11.8 Å². The molecule has 0 radical (unpaired) electrons. The molecular formula is C5H6F3N3O. The highest BCUT2D eigenvalue weighted by molar-refractivity contribution is 4.83. The van der Waals surface area contributed by atoms with Crippen LogP contribution in [0.15, 0.2) is 4.42 Å². The molecule has 0 atom stereocenters. The monoisotopic (exact) mass is 181 g/mol. The summed E-state index contributed by atoms with van der Waals surface area (Å²) in [6.45, 7) is -0.0507. The molecule has 1 aromatic heterocycles. The average Bonchev–Trinajstić information content (AvgIpc) is 2.32. The van der Waals surface area contributed by atoms with Gasteiger partial charge in [0.1, 0.15) is 6.42 Å². The van der Waals surface area contributed by atoms with Crippen LogP contribution in [0.1, 0.15) is 11.8 Å². The number of alkyl halides is 3. The number of rotatable bonds is 2. The van der Waals surface area contributed by atoms with E-state index in [4.69, 9.17) is 5.73 Å². The fraction of sp³-hybridized carbons (Fsp3) is 0.600. The Labute approximate surface area is 65.6 Å². The summed E-state index contributed by atoms with van der Waals surface area (Å²) in [6.07, 6.45) is -5.53. The van der Waals surface area contributed by atoms with E-state index in [1.165, 1.54) is 0 Å². The number of hydrogen-bond donors (Lipinski definition) is 1. The summed E-state index contributed by atoms with van der Waals surface area (Å²) < 4.78 is 39.6. The van der Waals surface area contributed by atoms with Crippen LogP contribution in [0.2, 0.25) is 0 Å². The largest absolute Gasteiger partial charge is 0.424 e. The van der Waals surface area contributed by atoms with Crippen molar-refractivity contribution >= 4 is 0 Å². The van der Waals surface area contributed by atoms with Gasteiger partial charge in [0, 0.05) is 0 Å². The van der Waals surface area contributed by atoms with E-state index in [-0.39, 0.29) is 12.4 Å². The average molecular weight is 181 g/mol. The fourth-order valence-corrected chi connectivity index (χ4v) is 0.614. The Hall–Kier alpha value is -1.11. The first-order valence-electron chi connectivity index (χ1n) is 3.09. The second-order valence-electron chi connectivity index (χ2n) is 2.09. The van der Waals surface area contributed by atoms with Gasteiger partial charge in [-0.3, -0.25) is 0 Å². The van der Waals surface area contributed by atoms with Crippen molar-refractivity contribution in [1.82, 2.24) is 10.2 Å². The highest BCUT2D eigenvalue weighted by Gasteiger charge is 2.30. The highest BCUT2D eigenvalue weighted by atomic mass is 19.4. The maximum Gasteiger partial charge on any atom is 0.397 e. The molecule has 7 heteroatoms. The van der Waals surface area contributed by atoms with Crippen molar-refractivity contribution in [2.24, 2.45) is 5.73 Å². The number of nitrogens with two attached hydrogens (primary N) is 1. The van der Waals surface area contributed by atoms with E-state index in [0.29, 0.717) is 0 Å². The molecule has 0 aliphatic rings. The van der Waals surface area contributed by atoms with Gasteiger partial charge in [0.05, 0.1) is 6.54 Å². The van der Waals surface area contributed by atoms with E-state index in [9.17, 15) is 13.2 Å². The zero-order valence-corrected chi connectivity index (χ0v) is 5.93. The summed E-state index contributed by atoms with van der Waals surface area (Å²) in [5.41, 5.74) is 5.05. The Morgan fingerprint density at radius 3 is 2.25 bits per heavy atom. The Balaban J connectivity index is 2.64. The summed E-state index contributed by atoms with van der Waals surface area (Å²) in [7, 11) is 0. The van der Waals surface area contributed by atoms with Gasteiger partial charge in [-0.25, -0.2) is 0 Å². The number of hydrogen-bond acceptors (Lipinski definition) is 4. The molecule has 1 heterocycles. The lowest BCUT2D eigenvalue weighted by atomic mass is 10.4. The minimum absolute atomic E-state index is 0.00856. The third kappa shape index (κ3) is 2.50. The first-order valence-corrected chi connectivity index (χ1v) is 3.09. The highest BCUT2D eigenvalue weighted by Crippen LogP contribution is 2.20. The van der Waals surface area contributed by atoms with Crippen molar-refractivity contribution in [2.45, 2.75) is 19.1 Å². The minimum atomic E-state index is -4.32. The Morgan fingerprint density at radius 2 is 1.83 bits per heavy atom. The summed E-state index contributed by atoms with van der Waals surface area (Å²) in [6, 6.07) is 0. The lowest BCUT2D eigenvalue weighted by molar-refractivity contribution is -0.130. The lowest BCUT2D eigenvalue weighted by Gasteiger charge is -1.99. The molecule has 0 unspecified atom stereocenters. The van der Waals surface area contributed by atoms with Crippen molar-refractivity contribution in [3.8, 4) is 0 Å². The van der Waals surface area contributed by atoms with E-state index < -0.39 is 18.5 Å². The predicted molar refractivity (Wildman–Crippen MR) is 31.9 cm³/mol. The molecule has 0 bridgehead atoms. The van der Waals surface area contributed by atoms with Gasteiger partial charge in [0.15, 0.2) is 0 Å². The number of nitrogens with zero attached hydrogens (tertiary/aromatic N) is 2. The topological polar surface area (TPSA) is 64.9 Å². The quantitative estimate of drug-likeness (QED) is 0.726. The van der Waals surface area contributed by atoms with Crippen molar-refractivity contribution in [3.05, 3.63) is 11.8 Å². The van der Waals surface area contributed by atoms with Crippen LogP contribution in [-0.4, -0.2) is 16.4 Å². The Bertz CT molecular complexity index is 257. The second kappa shape index (κ2) is 3.10. The Morgan fingerprint density at radius 1 is 1.25 bits per heavy atom. The van der Waals surface area contributed by atoms with Crippen LogP contribution >= 0.6 is 0 Å². The second-order valence-corrected chi connectivity index (χ2v) is 2.09. The molecule has 0 fully saturated rings. The molecule has 0 spiro atoms. The van der Waals surface area contributed by atoms with Crippen molar-refractivity contribution < 1.29 is 17.6 Å². The van der Waals surface area contributed by atoms with Gasteiger partial charge in [-0.1, -0.05) is 0 Å². The first-order chi connectivity index (χ1) is 5.51. The third-order valence-corrected chi connectivity index (χ3v) is 1.03. The SMILES string of the molecule is NCc1nnc(CC(F)(F)F)o1. The van der Waals surface area contributed by atoms with Crippen LogP contribution in [0, 0.1) is 0 Å².